The highest BCUT2D eigenvalue weighted by Crippen LogP contribution is 1.84. The summed E-state index contributed by atoms with van der Waals surface area (Å²) >= 11 is 0. The summed E-state index contributed by atoms with van der Waals surface area (Å²) in [6, 6.07) is -1.21. The number of amides is 3. The predicted octanol–water partition coefficient (Wildman–Crippen LogP) is -2.23. The van der Waals surface area contributed by atoms with Crippen LogP contribution < -0.4 is 16.0 Å². The monoisotopic (exact) mass is 219 g/mol. The largest absolute Gasteiger partial charge is 0.394 e. The minimum atomic E-state index is -0.916. The highest BCUT2D eigenvalue weighted by molar-refractivity contribution is 5.96. The van der Waals surface area contributed by atoms with E-state index in [2.05, 4.69) is 16.0 Å². The Morgan fingerprint density at radius 1 is 1.40 bits per heavy atom. The van der Waals surface area contributed by atoms with Gasteiger partial charge in [0, 0.05) is 13.6 Å². The highest BCUT2D eigenvalue weighted by atomic mass is 16.3. The minimum Gasteiger partial charge on any atom is -0.394 e. The molecule has 15 heavy (non-hydrogen) atoms. The van der Waals surface area contributed by atoms with Gasteiger partial charge in [-0.3, -0.25) is 10.1 Å². The highest BCUT2D eigenvalue weighted by Gasteiger charge is 2.15. The van der Waals surface area contributed by atoms with Crippen LogP contribution in [0.3, 0.4) is 0 Å². The van der Waals surface area contributed by atoms with Gasteiger partial charge in [-0.05, 0) is 6.92 Å². The average molecular weight is 219 g/mol. The van der Waals surface area contributed by atoms with Crippen LogP contribution in [0.5, 0.6) is 0 Å². The Kier molecular flexibility index (Phi) is 6.59. The second-order valence-electron chi connectivity index (χ2n) is 3.03. The topological polar surface area (TPSA) is 111 Å². The van der Waals surface area contributed by atoms with Crippen LogP contribution in [0.1, 0.15) is 6.92 Å². The molecule has 5 N–H and O–H groups in total. The minimum absolute atomic E-state index is 0.0822. The first-order valence-corrected chi connectivity index (χ1v) is 4.56. The number of hydrogen-bond donors (Lipinski definition) is 5. The number of aliphatic hydroxyl groups is 2. The SMILES string of the molecule is CNC(=O)NC(=O)C(C)NCC(O)CO. The molecular weight excluding hydrogens is 202 g/mol. The quantitative estimate of drug-likeness (QED) is 0.359. The molecule has 0 rings (SSSR count). The van der Waals surface area contributed by atoms with Gasteiger partial charge >= 0.3 is 6.03 Å². The van der Waals surface area contributed by atoms with E-state index in [1.165, 1.54) is 7.05 Å². The molecule has 0 aromatic rings. The molecule has 0 aromatic carbocycles. The van der Waals surface area contributed by atoms with Crippen molar-refractivity contribution in [2.24, 2.45) is 0 Å². The molecule has 7 heteroatoms. The van der Waals surface area contributed by atoms with Crippen molar-refractivity contribution in [2.75, 3.05) is 20.2 Å². The van der Waals surface area contributed by atoms with Gasteiger partial charge in [0.05, 0.1) is 18.8 Å². The van der Waals surface area contributed by atoms with E-state index in [0.717, 1.165) is 0 Å². The molecule has 0 radical (unpaired) electrons. The predicted molar refractivity (Wildman–Crippen MR) is 53.2 cm³/mol. The van der Waals surface area contributed by atoms with E-state index in [1.54, 1.807) is 6.92 Å². The van der Waals surface area contributed by atoms with E-state index < -0.39 is 24.1 Å². The second kappa shape index (κ2) is 7.16. The number of nitrogens with one attached hydrogen (secondary N) is 3. The molecule has 0 aliphatic heterocycles. The molecule has 0 saturated carbocycles. The Morgan fingerprint density at radius 3 is 2.47 bits per heavy atom. The van der Waals surface area contributed by atoms with Gasteiger partial charge in [-0.1, -0.05) is 0 Å². The zero-order valence-corrected chi connectivity index (χ0v) is 8.78. The van der Waals surface area contributed by atoms with Crippen LogP contribution in [0, 0.1) is 0 Å². The smallest absolute Gasteiger partial charge is 0.321 e. The summed E-state index contributed by atoms with van der Waals surface area (Å²) in [5.74, 6) is -0.500. The van der Waals surface area contributed by atoms with E-state index in [1.807, 2.05) is 0 Å². The molecule has 2 unspecified atom stereocenters. The number of imide groups is 1. The van der Waals surface area contributed by atoms with Crippen molar-refractivity contribution in [3.05, 3.63) is 0 Å². The van der Waals surface area contributed by atoms with Gasteiger partial charge in [0.2, 0.25) is 5.91 Å². The summed E-state index contributed by atoms with van der Waals surface area (Å²) < 4.78 is 0. The van der Waals surface area contributed by atoms with E-state index in [0.29, 0.717) is 0 Å². The summed E-state index contributed by atoms with van der Waals surface area (Å²) in [4.78, 5) is 22.0. The van der Waals surface area contributed by atoms with Gasteiger partial charge < -0.3 is 20.8 Å². The van der Waals surface area contributed by atoms with Crippen molar-refractivity contribution in [3.8, 4) is 0 Å². The number of carbonyl (C=O) groups is 2. The Balaban J connectivity index is 3.84. The first-order valence-electron chi connectivity index (χ1n) is 4.56. The maximum atomic E-state index is 11.2. The van der Waals surface area contributed by atoms with Crippen LogP contribution in [0.15, 0.2) is 0 Å². The summed E-state index contributed by atoms with van der Waals surface area (Å²) in [7, 11) is 1.40. The van der Waals surface area contributed by atoms with Gasteiger partial charge in [-0.2, -0.15) is 0 Å². The standard InChI is InChI=1S/C8H17N3O4/c1-5(10-3-6(13)4-12)7(14)11-8(15)9-2/h5-6,10,12-13H,3-4H2,1-2H3,(H2,9,11,14,15). The van der Waals surface area contributed by atoms with Crippen LogP contribution >= 0.6 is 0 Å². The third-order valence-electron chi connectivity index (χ3n) is 1.73. The Morgan fingerprint density at radius 2 is 2.00 bits per heavy atom. The Labute approximate surface area is 87.9 Å². The summed E-state index contributed by atoms with van der Waals surface area (Å²) in [5, 5.41) is 24.5. The summed E-state index contributed by atoms with van der Waals surface area (Å²) in [6.45, 7) is 1.25. The molecule has 2 atom stereocenters. The van der Waals surface area contributed by atoms with Crippen molar-refractivity contribution in [3.63, 3.8) is 0 Å². The molecule has 88 valence electrons. The number of hydrogen-bond acceptors (Lipinski definition) is 5. The van der Waals surface area contributed by atoms with E-state index in [9.17, 15) is 9.59 Å². The van der Waals surface area contributed by atoms with E-state index >= 15 is 0 Å². The van der Waals surface area contributed by atoms with Gasteiger partial charge in [0.25, 0.3) is 0 Å². The van der Waals surface area contributed by atoms with Gasteiger partial charge in [0.15, 0.2) is 0 Å². The van der Waals surface area contributed by atoms with Gasteiger partial charge in [0.1, 0.15) is 0 Å². The lowest BCUT2D eigenvalue weighted by molar-refractivity contribution is -0.121. The molecule has 0 aromatic heterocycles. The molecule has 0 bridgehead atoms. The first kappa shape index (κ1) is 13.8. The fourth-order valence-corrected chi connectivity index (χ4v) is 0.753. The second-order valence-corrected chi connectivity index (χ2v) is 3.03. The lowest BCUT2D eigenvalue weighted by atomic mass is 10.3. The lowest BCUT2D eigenvalue weighted by Crippen LogP contribution is -2.49. The van der Waals surface area contributed by atoms with E-state index in [4.69, 9.17) is 10.2 Å². The van der Waals surface area contributed by atoms with Crippen molar-refractivity contribution in [2.45, 2.75) is 19.1 Å². The molecule has 0 aliphatic carbocycles. The summed E-state index contributed by atoms with van der Waals surface area (Å²) in [5.41, 5.74) is 0. The van der Waals surface area contributed by atoms with Crippen LogP contribution in [-0.4, -0.2) is 54.5 Å². The molecule has 0 fully saturated rings. The fraction of sp³-hybridized carbons (Fsp3) is 0.750. The zero-order chi connectivity index (χ0) is 11.8. The molecule has 0 heterocycles. The number of carbonyl (C=O) groups excluding carboxylic acids is 2. The van der Waals surface area contributed by atoms with Crippen molar-refractivity contribution < 1.29 is 19.8 Å². The average Bonchev–Trinajstić information content (AvgIpc) is 2.24. The van der Waals surface area contributed by atoms with Gasteiger partial charge in [-0.25, -0.2) is 4.79 Å². The van der Waals surface area contributed by atoms with Crippen molar-refractivity contribution in [1.82, 2.24) is 16.0 Å². The zero-order valence-electron chi connectivity index (χ0n) is 8.78. The molecule has 7 nitrogen and oxygen atoms in total. The maximum absolute atomic E-state index is 11.2. The van der Waals surface area contributed by atoms with Crippen molar-refractivity contribution in [1.29, 1.82) is 0 Å². The van der Waals surface area contributed by atoms with Crippen molar-refractivity contribution >= 4 is 11.9 Å². The van der Waals surface area contributed by atoms with E-state index in [-0.39, 0.29) is 13.2 Å². The molecule has 3 amide bonds. The molecular formula is C8H17N3O4. The Hall–Kier alpha value is -1.18. The fourth-order valence-electron chi connectivity index (χ4n) is 0.753. The molecule has 0 saturated heterocycles. The Bertz CT molecular complexity index is 222. The van der Waals surface area contributed by atoms with Gasteiger partial charge in [-0.15, -0.1) is 0 Å². The molecule has 0 aliphatic rings. The van der Waals surface area contributed by atoms with Crippen LogP contribution in [0.25, 0.3) is 0 Å². The third-order valence-corrected chi connectivity index (χ3v) is 1.73. The normalized spacial score (nSPS) is 14.1. The summed E-state index contributed by atoms with van der Waals surface area (Å²) in [6.07, 6.45) is -0.916. The van der Waals surface area contributed by atoms with Crippen LogP contribution in [-0.2, 0) is 4.79 Å². The maximum Gasteiger partial charge on any atom is 0.321 e. The number of urea groups is 1. The number of rotatable bonds is 5. The molecule has 0 spiro atoms. The van der Waals surface area contributed by atoms with Crippen LogP contribution in [0.4, 0.5) is 4.79 Å². The first-order chi connectivity index (χ1) is 7.01. The van der Waals surface area contributed by atoms with Crippen LogP contribution in [0.2, 0.25) is 0 Å². The lowest BCUT2D eigenvalue weighted by Gasteiger charge is -2.15. The number of aliphatic hydroxyl groups excluding tert-OH is 2. The third kappa shape index (κ3) is 6.00.